The van der Waals surface area contributed by atoms with Gasteiger partial charge >= 0.3 is 0 Å². The number of aromatic nitrogens is 2. The Labute approximate surface area is 132 Å². The minimum absolute atomic E-state index is 0.0708. The lowest BCUT2D eigenvalue weighted by atomic mass is 9.93. The van der Waals surface area contributed by atoms with Gasteiger partial charge in [0.1, 0.15) is 6.04 Å². The molecule has 20 heavy (non-hydrogen) atoms. The molecule has 0 aliphatic rings. The molecule has 0 aliphatic heterocycles. The Hall–Kier alpha value is -0.970. The molecule has 0 N–H and O–H groups in total. The maximum atomic E-state index is 12.2. The smallest absolute Gasteiger partial charge is 0.212 e. The van der Waals surface area contributed by atoms with Gasteiger partial charge in [0.15, 0.2) is 0 Å². The minimum Gasteiger partial charge on any atom is -0.325 e. The number of imidazole rings is 1. The van der Waals surface area contributed by atoms with Gasteiger partial charge in [-0.05, 0) is 24.0 Å². The lowest BCUT2D eigenvalue weighted by Gasteiger charge is -2.24. The Morgan fingerprint density at radius 1 is 1.40 bits per heavy atom. The van der Waals surface area contributed by atoms with Crippen LogP contribution in [0.5, 0.6) is 0 Å². The molecular formula is C14H14Cl2N2OS. The predicted octanol–water partition coefficient (Wildman–Crippen LogP) is 4.42. The van der Waals surface area contributed by atoms with Gasteiger partial charge in [0.05, 0.1) is 6.33 Å². The summed E-state index contributed by atoms with van der Waals surface area (Å²) >= 11 is 13.4. The van der Waals surface area contributed by atoms with E-state index in [0.29, 0.717) is 10.0 Å². The minimum atomic E-state index is -0.342. The third-order valence-electron chi connectivity index (χ3n) is 3.22. The number of benzene rings is 1. The fourth-order valence-corrected chi connectivity index (χ4v) is 3.33. The molecule has 3 nitrogen and oxygen atoms in total. The molecule has 2 unspecified atom stereocenters. The van der Waals surface area contributed by atoms with E-state index in [9.17, 15) is 4.79 Å². The van der Waals surface area contributed by atoms with Crippen LogP contribution in [0.25, 0.3) is 0 Å². The van der Waals surface area contributed by atoms with Crippen molar-refractivity contribution >= 4 is 40.1 Å². The summed E-state index contributed by atoms with van der Waals surface area (Å²) in [5, 5.41) is 1.23. The highest BCUT2D eigenvalue weighted by molar-refractivity contribution is 8.13. The summed E-state index contributed by atoms with van der Waals surface area (Å²) in [7, 11) is 0. The normalized spacial score (nSPS) is 14.0. The molecule has 2 rings (SSSR count). The van der Waals surface area contributed by atoms with E-state index in [4.69, 9.17) is 23.2 Å². The highest BCUT2D eigenvalue weighted by Gasteiger charge is 2.28. The second-order valence-corrected chi connectivity index (χ2v) is 6.09. The molecule has 0 bridgehead atoms. The topological polar surface area (TPSA) is 34.9 Å². The Bertz CT molecular complexity index is 601. The molecule has 1 aromatic carbocycles. The van der Waals surface area contributed by atoms with Crippen molar-refractivity contribution < 1.29 is 4.79 Å². The van der Waals surface area contributed by atoms with Gasteiger partial charge in [-0.25, -0.2) is 4.98 Å². The molecule has 0 radical (unpaired) electrons. The molecule has 1 heterocycles. The number of rotatable bonds is 4. The monoisotopic (exact) mass is 328 g/mol. The van der Waals surface area contributed by atoms with Crippen molar-refractivity contribution in [1.29, 1.82) is 0 Å². The van der Waals surface area contributed by atoms with E-state index in [-0.39, 0.29) is 17.1 Å². The number of nitrogens with zero attached hydrogens (tertiary/aromatic N) is 2. The summed E-state index contributed by atoms with van der Waals surface area (Å²) in [5.74, 6) is -0.0751. The zero-order chi connectivity index (χ0) is 14.7. The summed E-state index contributed by atoms with van der Waals surface area (Å²) in [6.45, 7) is 1.98. The van der Waals surface area contributed by atoms with Gasteiger partial charge in [-0.1, -0.05) is 48.0 Å². The number of halogens is 2. The standard InChI is InChI=1S/C14H14Cl2N2OS/c1-9(11-4-3-10(15)7-12(11)16)13(14(19)20-2)18-6-5-17-8-18/h3-9,13H,1-2H3. The molecule has 0 fully saturated rings. The number of hydrogen-bond donors (Lipinski definition) is 0. The van der Waals surface area contributed by atoms with Crippen LogP contribution >= 0.6 is 35.0 Å². The van der Waals surface area contributed by atoms with Crippen LogP contribution in [0.2, 0.25) is 10.0 Å². The van der Waals surface area contributed by atoms with Crippen molar-refractivity contribution in [2.45, 2.75) is 18.9 Å². The van der Waals surface area contributed by atoms with Crippen LogP contribution in [-0.4, -0.2) is 20.9 Å². The van der Waals surface area contributed by atoms with E-state index in [0.717, 1.165) is 5.56 Å². The molecule has 2 atom stereocenters. The van der Waals surface area contributed by atoms with Gasteiger partial charge < -0.3 is 4.57 Å². The Morgan fingerprint density at radius 3 is 2.70 bits per heavy atom. The van der Waals surface area contributed by atoms with Gasteiger partial charge in [0.25, 0.3) is 0 Å². The quantitative estimate of drug-likeness (QED) is 0.833. The average Bonchev–Trinajstić information content (AvgIpc) is 2.92. The number of thioether (sulfide) groups is 1. The van der Waals surface area contributed by atoms with Gasteiger partial charge in [-0.2, -0.15) is 0 Å². The van der Waals surface area contributed by atoms with Crippen LogP contribution in [0.1, 0.15) is 24.4 Å². The molecule has 0 aliphatic carbocycles. The van der Waals surface area contributed by atoms with Crippen molar-refractivity contribution in [3.8, 4) is 0 Å². The van der Waals surface area contributed by atoms with Crippen LogP contribution in [0, 0.1) is 0 Å². The zero-order valence-electron chi connectivity index (χ0n) is 11.1. The third-order valence-corrected chi connectivity index (χ3v) is 4.42. The number of carbonyl (C=O) groups excluding carboxylic acids is 1. The zero-order valence-corrected chi connectivity index (χ0v) is 13.4. The first-order chi connectivity index (χ1) is 9.54. The molecule has 106 valence electrons. The maximum absolute atomic E-state index is 12.2. The second-order valence-electron chi connectivity index (χ2n) is 4.43. The first-order valence-electron chi connectivity index (χ1n) is 6.04. The molecule has 2 aromatic rings. The molecule has 6 heteroatoms. The molecule has 0 saturated carbocycles. The molecule has 1 aromatic heterocycles. The second kappa shape index (κ2) is 6.66. The van der Waals surface area contributed by atoms with Crippen molar-refractivity contribution in [1.82, 2.24) is 9.55 Å². The van der Waals surface area contributed by atoms with Gasteiger partial charge in [0, 0.05) is 28.4 Å². The molecule has 0 spiro atoms. The van der Waals surface area contributed by atoms with E-state index in [1.807, 2.05) is 17.6 Å². The van der Waals surface area contributed by atoms with Gasteiger partial charge in [0.2, 0.25) is 5.12 Å². The fraction of sp³-hybridized carbons (Fsp3) is 0.286. The maximum Gasteiger partial charge on any atom is 0.212 e. The summed E-state index contributed by atoms with van der Waals surface area (Å²) in [5.41, 5.74) is 0.900. The number of hydrogen-bond acceptors (Lipinski definition) is 3. The summed E-state index contributed by atoms with van der Waals surface area (Å²) in [6, 6.07) is 5.01. The van der Waals surface area contributed by atoms with Crippen LogP contribution < -0.4 is 0 Å². The molecule has 0 amide bonds. The summed E-state index contributed by atoms with van der Waals surface area (Å²) < 4.78 is 1.81. The van der Waals surface area contributed by atoms with E-state index < -0.39 is 0 Å². The van der Waals surface area contributed by atoms with Crippen LogP contribution in [0.15, 0.2) is 36.9 Å². The van der Waals surface area contributed by atoms with Crippen molar-refractivity contribution in [3.63, 3.8) is 0 Å². The van der Waals surface area contributed by atoms with E-state index in [1.165, 1.54) is 11.8 Å². The van der Waals surface area contributed by atoms with Crippen LogP contribution in [0.3, 0.4) is 0 Å². The van der Waals surface area contributed by atoms with Crippen molar-refractivity contribution in [2.75, 3.05) is 6.26 Å². The van der Waals surface area contributed by atoms with E-state index >= 15 is 0 Å². The third kappa shape index (κ3) is 3.19. The molecule has 0 saturated heterocycles. The van der Waals surface area contributed by atoms with Crippen molar-refractivity contribution in [2.24, 2.45) is 0 Å². The van der Waals surface area contributed by atoms with E-state index in [2.05, 4.69) is 4.98 Å². The average molecular weight is 329 g/mol. The highest BCUT2D eigenvalue weighted by atomic mass is 35.5. The highest BCUT2D eigenvalue weighted by Crippen LogP contribution is 2.36. The largest absolute Gasteiger partial charge is 0.325 e. The predicted molar refractivity (Wildman–Crippen MR) is 84.7 cm³/mol. The Balaban J connectivity index is 2.41. The SMILES string of the molecule is CSC(=O)C(C(C)c1ccc(Cl)cc1Cl)n1ccnc1. The Kier molecular flexibility index (Phi) is 5.13. The Morgan fingerprint density at radius 2 is 2.15 bits per heavy atom. The van der Waals surface area contributed by atoms with Crippen LogP contribution in [-0.2, 0) is 4.79 Å². The summed E-state index contributed by atoms with van der Waals surface area (Å²) in [6.07, 6.45) is 6.89. The van der Waals surface area contributed by atoms with Crippen LogP contribution in [0.4, 0.5) is 0 Å². The lowest BCUT2D eigenvalue weighted by molar-refractivity contribution is -0.114. The lowest BCUT2D eigenvalue weighted by Crippen LogP contribution is -2.22. The fourth-order valence-electron chi connectivity index (χ4n) is 2.18. The number of carbonyl (C=O) groups is 1. The summed E-state index contributed by atoms with van der Waals surface area (Å²) in [4.78, 5) is 16.3. The first kappa shape index (κ1) is 15.4. The van der Waals surface area contributed by atoms with Crippen molar-refractivity contribution in [3.05, 3.63) is 52.5 Å². The van der Waals surface area contributed by atoms with Gasteiger partial charge in [-0.3, -0.25) is 4.79 Å². The first-order valence-corrected chi connectivity index (χ1v) is 8.03. The van der Waals surface area contributed by atoms with E-state index in [1.54, 1.807) is 37.1 Å². The molecular weight excluding hydrogens is 315 g/mol. The van der Waals surface area contributed by atoms with Gasteiger partial charge in [-0.15, -0.1) is 0 Å².